The molecule has 1 unspecified atom stereocenters. The Bertz CT molecular complexity index is 756. The van der Waals surface area contributed by atoms with Crippen LogP contribution < -0.4 is 0 Å². The summed E-state index contributed by atoms with van der Waals surface area (Å²) in [5.41, 5.74) is 4.56. The zero-order valence-electron chi connectivity index (χ0n) is 18.4. The van der Waals surface area contributed by atoms with E-state index < -0.39 is 0 Å². The van der Waals surface area contributed by atoms with Crippen LogP contribution in [-0.2, 0) is 25.6 Å². The number of rotatable bonds is 9. The van der Waals surface area contributed by atoms with Crippen molar-refractivity contribution < 1.29 is 19.0 Å². The maximum Gasteiger partial charge on any atom is 0.330 e. The van der Waals surface area contributed by atoms with Crippen LogP contribution in [0.3, 0.4) is 0 Å². The fourth-order valence-electron chi connectivity index (χ4n) is 3.61. The Labute approximate surface area is 175 Å². The molecule has 158 valence electrons. The Kier molecular flexibility index (Phi) is 8.87. The van der Waals surface area contributed by atoms with Gasteiger partial charge in [-0.25, -0.2) is 4.79 Å². The van der Waals surface area contributed by atoms with E-state index in [1.54, 1.807) is 6.92 Å². The quantitative estimate of drug-likeness (QED) is 0.175. The van der Waals surface area contributed by atoms with Crippen molar-refractivity contribution in [1.82, 2.24) is 0 Å². The second-order valence-electron chi connectivity index (χ2n) is 8.10. The average molecular weight is 399 g/mol. The maximum absolute atomic E-state index is 11.6. The summed E-state index contributed by atoms with van der Waals surface area (Å²) in [5.74, 6) is -0.306. The molecule has 29 heavy (non-hydrogen) atoms. The molecular weight excluding hydrogens is 364 g/mol. The molecule has 4 nitrogen and oxygen atoms in total. The SMILES string of the molecule is CCOC(=O)/C=C(C)\C=C\C1=C(C)C(OCOCc2ccccc2)CCC1(C)C. The summed E-state index contributed by atoms with van der Waals surface area (Å²) in [7, 11) is 0. The van der Waals surface area contributed by atoms with E-state index in [-0.39, 0.29) is 24.3 Å². The predicted molar refractivity (Wildman–Crippen MR) is 116 cm³/mol. The second kappa shape index (κ2) is 11.1. The van der Waals surface area contributed by atoms with E-state index in [1.807, 2.05) is 43.3 Å². The molecule has 4 heteroatoms. The summed E-state index contributed by atoms with van der Waals surface area (Å²) in [5, 5.41) is 0. The number of hydrogen-bond donors (Lipinski definition) is 0. The molecule has 0 bridgehead atoms. The predicted octanol–water partition coefficient (Wildman–Crippen LogP) is 5.75. The second-order valence-corrected chi connectivity index (χ2v) is 8.10. The molecule has 0 spiro atoms. The van der Waals surface area contributed by atoms with Crippen LogP contribution in [0.4, 0.5) is 0 Å². The Balaban J connectivity index is 2.00. The first kappa shape index (κ1) is 23.1. The lowest BCUT2D eigenvalue weighted by atomic mass is 9.71. The van der Waals surface area contributed by atoms with Gasteiger partial charge in [0, 0.05) is 6.08 Å². The summed E-state index contributed by atoms with van der Waals surface area (Å²) < 4.78 is 16.7. The van der Waals surface area contributed by atoms with Crippen molar-refractivity contribution in [2.45, 2.75) is 60.2 Å². The van der Waals surface area contributed by atoms with Crippen LogP contribution in [0.5, 0.6) is 0 Å². The van der Waals surface area contributed by atoms with E-state index in [0.29, 0.717) is 13.2 Å². The van der Waals surface area contributed by atoms with Crippen molar-refractivity contribution >= 4 is 5.97 Å². The van der Waals surface area contributed by atoms with Gasteiger partial charge in [-0.3, -0.25) is 0 Å². The van der Waals surface area contributed by atoms with Gasteiger partial charge in [-0.05, 0) is 61.3 Å². The van der Waals surface area contributed by atoms with Crippen LogP contribution in [0.1, 0.15) is 53.0 Å². The number of benzene rings is 1. The average Bonchev–Trinajstić information content (AvgIpc) is 2.67. The monoisotopic (exact) mass is 398 g/mol. The van der Waals surface area contributed by atoms with Crippen molar-refractivity contribution in [3.8, 4) is 0 Å². The molecule has 0 aromatic heterocycles. The highest BCUT2D eigenvalue weighted by Gasteiger charge is 2.32. The summed E-state index contributed by atoms with van der Waals surface area (Å²) in [6.07, 6.45) is 7.67. The van der Waals surface area contributed by atoms with Crippen LogP contribution in [0.2, 0.25) is 0 Å². The molecule has 0 aliphatic heterocycles. The first-order valence-electron chi connectivity index (χ1n) is 10.3. The van der Waals surface area contributed by atoms with E-state index in [0.717, 1.165) is 24.0 Å². The van der Waals surface area contributed by atoms with Crippen molar-refractivity contribution in [3.05, 3.63) is 70.8 Å². The molecular formula is C25H34O4. The molecule has 1 aromatic carbocycles. The zero-order chi connectivity index (χ0) is 21.3. The first-order chi connectivity index (χ1) is 13.8. The van der Waals surface area contributed by atoms with E-state index in [4.69, 9.17) is 14.2 Å². The normalized spacial score (nSPS) is 19.6. The molecule has 0 heterocycles. The number of carbonyl (C=O) groups is 1. The third-order valence-corrected chi connectivity index (χ3v) is 5.28. The van der Waals surface area contributed by atoms with Crippen LogP contribution >= 0.6 is 0 Å². The van der Waals surface area contributed by atoms with Crippen molar-refractivity contribution in [2.24, 2.45) is 5.41 Å². The highest BCUT2D eigenvalue weighted by molar-refractivity contribution is 5.83. The van der Waals surface area contributed by atoms with Gasteiger partial charge in [-0.2, -0.15) is 0 Å². The van der Waals surface area contributed by atoms with Gasteiger partial charge in [-0.15, -0.1) is 0 Å². The van der Waals surface area contributed by atoms with E-state index in [9.17, 15) is 4.79 Å². The third-order valence-electron chi connectivity index (χ3n) is 5.28. The molecule has 1 aliphatic rings. The summed E-state index contributed by atoms with van der Waals surface area (Å²) in [4.78, 5) is 11.6. The highest BCUT2D eigenvalue weighted by atomic mass is 16.7. The van der Waals surface area contributed by atoms with Crippen LogP contribution in [0, 0.1) is 5.41 Å². The topological polar surface area (TPSA) is 44.8 Å². The van der Waals surface area contributed by atoms with E-state index >= 15 is 0 Å². The fraction of sp³-hybridized carbons (Fsp3) is 0.480. The molecule has 1 atom stereocenters. The van der Waals surface area contributed by atoms with Gasteiger partial charge in [-0.1, -0.05) is 56.3 Å². The molecule has 0 saturated carbocycles. The lowest BCUT2D eigenvalue weighted by molar-refractivity contribution is -0.137. The number of esters is 1. The summed E-state index contributed by atoms with van der Waals surface area (Å²) >= 11 is 0. The molecule has 0 radical (unpaired) electrons. The van der Waals surface area contributed by atoms with Crippen molar-refractivity contribution in [1.29, 1.82) is 0 Å². The lowest BCUT2D eigenvalue weighted by Crippen LogP contribution is -2.29. The Hall–Kier alpha value is -2.17. The molecule has 2 rings (SSSR count). The molecule has 1 aliphatic carbocycles. The number of hydrogen-bond acceptors (Lipinski definition) is 4. The van der Waals surface area contributed by atoms with Crippen molar-refractivity contribution in [3.63, 3.8) is 0 Å². The zero-order valence-corrected chi connectivity index (χ0v) is 18.4. The Morgan fingerprint density at radius 1 is 1.24 bits per heavy atom. The molecule has 0 saturated heterocycles. The lowest BCUT2D eigenvalue weighted by Gasteiger charge is -2.37. The highest BCUT2D eigenvalue weighted by Crippen LogP contribution is 2.42. The van der Waals surface area contributed by atoms with Gasteiger partial charge in [0.15, 0.2) is 0 Å². The van der Waals surface area contributed by atoms with Gasteiger partial charge in [0.1, 0.15) is 6.79 Å². The minimum atomic E-state index is -0.306. The van der Waals surface area contributed by atoms with E-state index in [1.165, 1.54) is 17.2 Å². The first-order valence-corrected chi connectivity index (χ1v) is 10.3. The minimum absolute atomic E-state index is 0.0489. The van der Waals surface area contributed by atoms with Crippen molar-refractivity contribution in [2.75, 3.05) is 13.4 Å². The van der Waals surface area contributed by atoms with E-state index in [2.05, 4.69) is 26.8 Å². The Morgan fingerprint density at radius 3 is 2.66 bits per heavy atom. The van der Waals surface area contributed by atoms with Gasteiger partial charge in [0.05, 0.1) is 19.3 Å². The molecule has 0 amide bonds. The molecule has 0 fully saturated rings. The van der Waals surface area contributed by atoms with Crippen LogP contribution in [-0.4, -0.2) is 25.5 Å². The number of allylic oxidation sites excluding steroid dienone is 4. The molecule has 1 aromatic rings. The number of carbonyl (C=O) groups excluding carboxylic acids is 1. The number of ether oxygens (including phenoxy) is 3. The van der Waals surface area contributed by atoms with Gasteiger partial charge in [0.25, 0.3) is 0 Å². The standard InChI is InChI=1S/C25H34O4/c1-6-28-24(26)16-19(2)12-13-22-20(3)23(14-15-25(22,4)5)29-18-27-17-21-10-8-7-9-11-21/h7-13,16,23H,6,14-15,17-18H2,1-5H3/b13-12+,19-16-. The summed E-state index contributed by atoms with van der Waals surface area (Å²) in [6, 6.07) is 10.1. The minimum Gasteiger partial charge on any atom is -0.463 e. The van der Waals surface area contributed by atoms with Gasteiger partial charge in [0.2, 0.25) is 0 Å². The van der Waals surface area contributed by atoms with Crippen LogP contribution in [0.25, 0.3) is 0 Å². The summed E-state index contributed by atoms with van der Waals surface area (Å²) in [6.45, 7) is 11.6. The maximum atomic E-state index is 11.6. The van der Waals surface area contributed by atoms with Crippen LogP contribution in [0.15, 0.2) is 65.3 Å². The smallest absolute Gasteiger partial charge is 0.330 e. The van der Waals surface area contributed by atoms with Gasteiger partial charge < -0.3 is 14.2 Å². The van der Waals surface area contributed by atoms with Gasteiger partial charge >= 0.3 is 5.97 Å². The fourth-order valence-corrected chi connectivity index (χ4v) is 3.61. The largest absolute Gasteiger partial charge is 0.463 e. The third kappa shape index (κ3) is 7.30. The Morgan fingerprint density at radius 2 is 1.97 bits per heavy atom. The molecule has 0 N–H and O–H groups in total.